The van der Waals surface area contributed by atoms with E-state index in [1.807, 2.05) is 0 Å². The third-order valence-corrected chi connectivity index (χ3v) is 4.59. The van der Waals surface area contributed by atoms with E-state index in [1.165, 1.54) is 37.1 Å². The van der Waals surface area contributed by atoms with Crippen LogP contribution in [0.15, 0.2) is 24.3 Å². The number of hydrogen-bond acceptors (Lipinski definition) is 2. The average molecular weight is 260 g/mol. The normalized spacial score (nSPS) is 19.8. The lowest BCUT2D eigenvalue weighted by atomic mass is 9.84. The van der Waals surface area contributed by atoms with Crippen molar-refractivity contribution in [1.29, 1.82) is 0 Å². The second kappa shape index (κ2) is 6.53. The first-order valence-electron chi connectivity index (χ1n) is 7.60. The van der Waals surface area contributed by atoms with Gasteiger partial charge in [-0.1, -0.05) is 38.1 Å². The second-order valence-corrected chi connectivity index (χ2v) is 6.33. The van der Waals surface area contributed by atoms with Crippen LogP contribution in [0.2, 0.25) is 0 Å². The smallest absolute Gasteiger partial charge is 0.000577 e. The van der Waals surface area contributed by atoms with Crippen LogP contribution in [0.5, 0.6) is 0 Å². The first-order valence-corrected chi connectivity index (χ1v) is 7.60. The van der Waals surface area contributed by atoms with Crippen LogP contribution < -0.4 is 5.73 Å². The molecular weight excluding hydrogens is 232 g/mol. The molecule has 0 aromatic heterocycles. The Hall–Kier alpha value is -0.860. The Bertz CT molecular complexity index is 392. The van der Waals surface area contributed by atoms with E-state index >= 15 is 0 Å². The average Bonchev–Trinajstić information content (AvgIpc) is 2.40. The van der Waals surface area contributed by atoms with Gasteiger partial charge in [-0.3, -0.25) is 0 Å². The molecule has 1 saturated heterocycles. The summed E-state index contributed by atoms with van der Waals surface area (Å²) in [5, 5.41) is 0. The van der Waals surface area contributed by atoms with E-state index < -0.39 is 0 Å². The van der Waals surface area contributed by atoms with Crippen molar-refractivity contribution in [3.8, 4) is 0 Å². The van der Waals surface area contributed by atoms with Gasteiger partial charge in [0.15, 0.2) is 0 Å². The lowest BCUT2D eigenvalue weighted by Gasteiger charge is -2.30. The van der Waals surface area contributed by atoms with E-state index in [4.69, 9.17) is 5.73 Å². The maximum Gasteiger partial charge on any atom is -0.000577 e. The molecule has 1 atom stereocenters. The van der Waals surface area contributed by atoms with Gasteiger partial charge in [-0.05, 0) is 68.4 Å². The Labute approximate surface area is 118 Å². The molecule has 0 aliphatic carbocycles. The first-order chi connectivity index (χ1) is 9.11. The van der Waals surface area contributed by atoms with Gasteiger partial charge in [-0.15, -0.1) is 0 Å². The van der Waals surface area contributed by atoms with Gasteiger partial charge in [0.2, 0.25) is 0 Å². The molecule has 0 saturated carbocycles. The third kappa shape index (κ3) is 3.58. The quantitative estimate of drug-likeness (QED) is 0.901. The van der Waals surface area contributed by atoms with Gasteiger partial charge >= 0.3 is 0 Å². The highest BCUT2D eigenvalue weighted by Gasteiger charge is 2.20. The van der Waals surface area contributed by atoms with E-state index in [-0.39, 0.29) is 0 Å². The summed E-state index contributed by atoms with van der Waals surface area (Å²) < 4.78 is 0. The number of likely N-dealkylation sites (tertiary alicyclic amines) is 1. The molecule has 0 spiro atoms. The Balaban J connectivity index is 2.14. The summed E-state index contributed by atoms with van der Waals surface area (Å²) in [6, 6.07) is 9.17. The fraction of sp³-hybridized carbons (Fsp3) is 0.647. The summed E-state index contributed by atoms with van der Waals surface area (Å²) >= 11 is 0. The molecule has 0 amide bonds. The van der Waals surface area contributed by atoms with Crippen LogP contribution in [0.4, 0.5) is 0 Å². The SMILES string of the molecule is CC(C)C(CN)c1cccc(C2CCN(C)CC2)c1. The maximum atomic E-state index is 5.95. The number of hydrogen-bond donors (Lipinski definition) is 1. The molecule has 2 heteroatoms. The van der Waals surface area contributed by atoms with Gasteiger partial charge < -0.3 is 10.6 Å². The monoisotopic (exact) mass is 260 g/mol. The summed E-state index contributed by atoms with van der Waals surface area (Å²) in [6.07, 6.45) is 2.57. The van der Waals surface area contributed by atoms with Crippen molar-refractivity contribution in [1.82, 2.24) is 4.90 Å². The number of nitrogens with two attached hydrogens (primary N) is 1. The van der Waals surface area contributed by atoms with E-state index in [0.29, 0.717) is 11.8 Å². The second-order valence-electron chi connectivity index (χ2n) is 6.33. The summed E-state index contributed by atoms with van der Waals surface area (Å²) in [6.45, 7) is 7.72. The minimum atomic E-state index is 0.492. The van der Waals surface area contributed by atoms with Gasteiger partial charge in [-0.2, -0.15) is 0 Å². The van der Waals surface area contributed by atoms with E-state index in [2.05, 4.69) is 50.1 Å². The zero-order valence-electron chi connectivity index (χ0n) is 12.6. The molecule has 1 unspecified atom stereocenters. The molecule has 1 aromatic rings. The van der Waals surface area contributed by atoms with Gasteiger partial charge in [0.25, 0.3) is 0 Å². The topological polar surface area (TPSA) is 29.3 Å². The number of nitrogens with zero attached hydrogens (tertiary/aromatic N) is 1. The standard InChI is InChI=1S/C17H28N2/c1-13(2)17(12-18)16-6-4-5-15(11-16)14-7-9-19(3)10-8-14/h4-6,11,13-14,17H,7-10,12,18H2,1-3H3. The van der Waals surface area contributed by atoms with Crippen LogP contribution in [0, 0.1) is 5.92 Å². The zero-order chi connectivity index (χ0) is 13.8. The highest BCUT2D eigenvalue weighted by Crippen LogP contribution is 2.31. The van der Waals surface area contributed by atoms with Crippen LogP contribution in [-0.4, -0.2) is 31.6 Å². The van der Waals surface area contributed by atoms with Crippen LogP contribution in [0.25, 0.3) is 0 Å². The van der Waals surface area contributed by atoms with Crippen molar-refractivity contribution in [2.45, 2.75) is 38.5 Å². The largest absolute Gasteiger partial charge is 0.330 e. The molecule has 1 aliphatic heterocycles. The molecule has 2 rings (SSSR count). The molecular formula is C17H28N2. The molecule has 106 valence electrons. The summed E-state index contributed by atoms with van der Waals surface area (Å²) in [7, 11) is 2.22. The lowest BCUT2D eigenvalue weighted by molar-refractivity contribution is 0.255. The minimum absolute atomic E-state index is 0.492. The van der Waals surface area contributed by atoms with Crippen molar-refractivity contribution in [2.24, 2.45) is 11.7 Å². The first kappa shape index (κ1) is 14.5. The van der Waals surface area contributed by atoms with E-state index in [9.17, 15) is 0 Å². The lowest BCUT2D eigenvalue weighted by Crippen LogP contribution is -2.29. The van der Waals surface area contributed by atoms with E-state index in [1.54, 1.807) is 0 Å². The summed E-state index contributed by atoms with van der Waals surface area (Å²) in [5.41, 5.74) is 8.89. The van der Waals surface area contributed by atoms with Crippen LogP contribution in [0.3, 0.4) is 0 Å². The van der Waals surface area contributed by atoms with Crippen molar-refractivity contribution in [3.63, 3.8) is 0 Å². The van der Waals surface area contributed by atoms with Gasteiger partial charge in [0, 0.05) is 0 Å². The highest BCUT2D eigenvalue weighted by atomic mass is 15.1. The van der Waals surface area contributed by atoms with Crippen LogP contribution in [0.1, 0.15) is 49.7 Å². The number of benzene rings is 1. The predicted molar refractivity (Wildman–Crippen MR) is 82.5 cm³/mol. The molecule has 19 heavy (non-hydrogen) atoms. The molecule has 1 heterocycles. The zero-order valence-corrected chi connectivity index (χ0v) is 12.6. The molecule has 0 bridgehead atoms. The van der Waals surface area contributed by atoms with Crippen LogP contribution in [-0.2, 0) is 0 Å². The van der Waals surface area contributed by atoms with Gasteiger partial charge in [0.05, 0.1) is 0 Å². The minimum Gasteiger partial charge on any atom is -0.330 e. The maximum absolute atomic E-state index is 5.95. The van der Waals surface area contributed by atoms with Crippen molar-refractivity contribution in [2.75, 3.05) is 26.7 Å². The molecule has 1 aliphatic rings. The summed E-state index contributed by atoms with van der Waals surface area (Å²) in [5.74, 6) is 1.84. The highest BCUT2D eigenvalue weighted by molar-refractivity contribution is 5.30. The fourth-order valence-electron chi connectivity index (χ4n) is 3.18. The van der Waals surface area contributed by atoms with Crippen molar-refractivity contribution >= 4 is 0 Å². The van der Waals surface area contributed by atoms with Crippen molar-refractivity contribution < 1.29 is 0 Å². The fourth-order valence-corrected chi connectivity index (χ4v) is 3.18. The summed E-state index contributed by atoms with van der Waals surface area (Å²) in [4.78, 5) is 2.43. The van der Waals surface area contributed by atoms with Crippen molar-refractivity contribution in [3.05, 3.63) is 35.4 Å². The van der Waals surface area contributed by atoms with Gasteiger partial charge in [-0.25, -0.2) is 0 Å². The Morgan fingerprint density at radius 2 is 1.95 bits per heavy atom. The number of rotatable bonds is 4. The van der Waals surface area contributed by atoms with Gasteiger partial charge in [0.1, 0.15) is 0 Å². The Kier molecular flexibility index (Phi) is 5.00. The van der Waals surface area contributed by atoms with Crippen LogP contribution >= 0.6 is 0 Å². The number of piperidine rings is 1. The Morgan fingerprint density at radius 3 is 2.53 bits per heavy atom. The molecule has 0 radical (unpaired) electrons. The van der Waals surface area contributed by atoms with E-state index in [0.717, 1.165) is 12.5 Å². The third-order valence-electron chi connectivity index (χ3n) is 4.59. The molecule has 2 nitrogen and oxygen atoms in total. The molecule has 1 fully saturated rings. The molecule has 2 N–H and O–H groups in total. The predicted octanol–water partition coefficient (Wildman–Crippen LogP) is 3.19. The molecule has 1 aromatic carbocycles. The Morgan fingerprint density at radius 1 is 1.26 bits per heavy atom.